The van der Waals surface area contributed by atoms with Crippen LogP contribution < -0.4 is 0 Å². The predicted octanol–water partition coefficient (Wildman–Crippen LogP) is 3.87. The van der Waals surface area contributed by atoms with E-state index in [9.17, 15) is 0 Å². The van der Waals surface area contributed by atoms with Crippen LogP contribution in [0.5, 0.6) is 0 Å². The maximum atomic E-state index is 3.81. The van der Waals surface area contributed by atoms with Gasteiger partial charge >= 0.3 is 0 Å². The van der Waals surface area contributed by atoms with Gasteiger partial charge in [0, 0.05) is 4.43 Å². The molecule has 0 saturated carbocycles. The fraction of sp³-hybridized carbons (Fsp3) is 0.273. The number of alkyl halides is 1. The molecule has 0 aliphatic carbocycles. The van der Waals surface area contributed by atoms with Gasteiger partial charge in [-0.15, -0.1) is 0 Å². The van der Waals surface area contributed by atoms with E-state index in [2.05, 4.69) is 60.4 Å². The van der Waals surface area contributed by atoms with Crippen LogP contribution in [0.15, 0.2) is 30.8 Å². The molecule has 0 aliphatic heterocycles. The number of hydrogen-bond acceptors (Lipinski definition) is 0. The van der Waals surface area contributed by atoms with Crippen LogP contribution in [0, 0.1) is 0 Å². The Morgan fingerprint density at radius 3 is 2.75 bits per heavy atom. The van der Waals surface area contributed by atoms with Gasteiger partial charge in [-0.3, -0.25) is 0 Å². The van der Waals surface area contributed by atoms with Crippen molar-refractivity contribution >= 4 is 28.7 Å². The molecule has 1 aromatic carbocycles. The maximum absolute atomic E-state index is 3.81. The van der Waals surface area contributed by atoms with Crippen molar-refractivity contribution in [2.45, 2.75) is 12.8 Å². The standard InChI is InChI=1S/C11H13I/c1-3-10-6-4-5-7-11(10)9(2)8-12/h3-7,9H,1,8H2,2H3. The average Bonchev–Trinajstić information content (AvgIpc) is 2.16. The molecule has 0 radical (unpaired) electrons. The van der Waals surface area contributed by atoms with Crippen molar-refractivity contribution in [2.75, 3.05) is 4.43 Å². The Kier molecular flexibility index (Phi) is 3.79. The fourth-order valence-electron chi connectivity index (χ4n) is 1.23. The molecule has 64 valence electrons. The number of halogens is 1. The van der Waals surface area contributed by atoms with Crippen molar-refractivity contribution in [3.8, 4) is 0 Å². The van der Waals surface area contributed by atoms with Crippen LogP contribution >= 0.6 is 22.6 Å². The molecule has 1 heteroatoms. The highest BCUT2D eigenvalue weighted by Crippen LogP contribution is 2.22. The van der Waals surface area contributed by atoms with E-state index < -0.39 is 0 Å². The molecule has 0 heterocycles. The van der Waals surface area contributed by atoms with Crippen molar-refractivity contribution in [2.24, 2.45) is 0 Å². The zero-order chi connectivity index (χ0) is 8.97. The Morgan fingerprint density at radius 2 is 2.17 bits per heavy atom. The largest absolute Gasteiger partial charge is 0.0985 e. The van der Waals surface area contributed by atoms with Crippen LogP contribution in [-0.4, -0.2) is 4.43 Å². The minimum atomic E-state index is 0.625. The van der Waals surface area contributed by atoms with E-state index in [0.29, 0.717) is 5.92 Å². The minimum absolute atomic E-state index is 0.625. The highest BCUT2D eigenvalue weighted by atomic mass is 127. The van der Waals surface area contributed by atoms with Gasteiger partial charge in [0.15, 0.2) is 0 Å². The summed E-state index contributed by atoms with van der Waals surface area (Å²) >= 11 is 2.42. The van der Waals surface area contributed by atoms with Crippen molar-refractivity contribution in [1.29, 1.82) is 0 Å². The number of rotatable bonds is 3. The molecule has 0 nitrogen and oxygen atoms in total. The van der Waals surface area contributed by atoms with Gasteiger partial charge < -0.3 is 0 Å². The van der Waals surface area contributed by atoms with Gasteiger partial charge in [0.05, 0.1) is 0 Å². The summed E-state index contributed by atoms with van der Waals surface area (Å²) in [5.74, 6) is 0.625. The van der Waals surface area contributed by atoms with Crippen molar-refractivity contribution in [3.63, 3.8) is 0 Å². The lowest BCUT2D eigenvalue weighted by molar-refractivity contribution is 0.892. The van der Waals surface area contributed by atoms with Crippen LogP contribution in [0.2, 0.25) is 0 Å². The molecule has 12 heavy (non-hydrogen) atoms. The summed E-state index contributed by atoms with van der Waals surface area (Å²) in [6, 6.07) is 8.44. The Labute approximate surface area is 87.8 Å². The lowest BCUT2D eigenvalue weighted by atomic mass is 9.97. The molecule has 0 aliphatic rings. The molecule has 0 N–H and O–H groups in total. The third-order valence-electron chi connectivity index (χ3n) is 1.98. The molecule has 1 atom stereocenters. The van der Waals surface area contributed by atoms with Gasteiger partial charge in [0.1, 0.15) is 0 Å². The van der Waals surface area contributed by atoms with Gasteiger partial charge in [-0.1, -0.05) is 66.4 Å². The first-order valence-corrected chi connectivity index (χ1v) is 5.59. The van der Waals surface area contributed by atoms with Crippen molar-refractivity contribution in [3.05, 3.63) is 42.0 Å². The normalized spacial score (nSPS) is 12.5. The number of benzene rings is 1. The van der Waals surface area contributed by atoms with Crippen LogP contribution in [0.3, 0.4) is 0 Å². The quantitative estimate of drug-likeness (QED) is 0.579. The molecular formula is C11H13I. The smallest absolute Gasteiger partial charge is 0.00618 e. The third kappa shape index (κ3) is 2.09. The van der Waals surface area contributed by atoms with Gasteiger partial charge in [-0.05, 0) is 17.0 Å². The van der Waals surface area contributed by atoms with E-state index in [0.717, 1.165) is 4.43 Å². The molecule has 0 aromatic heterocycles. The zero-order valence-electron chi connectivity index (χ0n) is 7.26. The molecule has 1 rings (SSSR count). The number of hydrogen-bond donors (Lipinski definition) is 0. The average molecular weight is 272 g/mol. The van der Waals surface area contributed by atoms with Crippen LogP contribution in [-0.2, 0) is 0 Å². The lowest BCUT2D eigenvalue weighted by Crippen LogP contribution is -1.96. The van der Waals surface area contributed by atoms with Crippen LogP contribution in [0.4, 0.5) is 0 Å². The lowest BCUT2D eigenvalue weighted by Gasteiger charge is -2.10. The van der Waals surface area contributed by atoms with Gasteiger partial charge in [0.2, 0.25) is 0 Å². The molecule has 0 fully saturated rings. The summed E-state index contributed by atoms with van der Waals surface area (Å²) in [4.78, 5) is 0. The Balaban J connectivity index is 3.04. The summed E-state index contributed by atoms with van der Waals surface area (Å²) in [5.41, 5.74) is 2.67. The van der Waals surface area contributed by atoms with E-state index in [4.69, 9.17) is 0 Å². The molecule has 1 unspecified atom stereocenters. The van der Waals surface area contributed by atoms with Gasteiger partial charge in [-0.25, -0.2) is 0 Å². The first-order chi connectivity index (χ1) is 5.79. The minimum Gasteiger partial charge on any atom is -0.0985 e. The van der Waals surface area contributed by atoms with Crippen molar-refractivity contribution < 1.29 is 0 Å². The van der Waals surface area contributed by atoms with Gasteiger partial charge in [0.25, 0.3) is 0 Å². The van der Waals surface area contributed by atoms with E-state index in [-0.39, 0.29) is 0 Å². The van der Waals surface area contributed by atoms with Crippen LogP contribution in [0.25, 0.3) is 6.08 Å². The Hall–Kier alpha value is -0.310. The van der Waals surface area contributed by atoms with Crippen molar-refractivity contribution in [1.82, 2.24) is 0 Å². The molecule has 0 amide bonds. The molecular weight excluding hydrogens is 259 g/mol. The summed E-state index contributed by atoms with van der Waals surface area (Å²) < 4.78 is 1.16. The molecule has 1 aromatic rings. The summed E-state index contributed by atoms with van der Waals surface area (Å²) in [6.07, 6.45) is 1.93. The first-order valence-electron chi connectivity index (χ1n) is 4.07. The second-order valence-corrected chi connectivity index (χ2v) is 3.77. The predicted molar refractivity (Wildman–Crippen MR) is 63.8 cm³/mol. The zero-order valence-corrected chi connectivity index (χ0v) is 9.41. The summed E-state index contributed by atoms with van der Waals surface area (Å²) in [5, 5.41) is 0. The summed E-state index contributed by atoms with van der Waals surface area (Å²) in [7, 11) is 0. The highest BCUT2D eigenvalue weighted by molar-refractivity contribution is 14.1. The molecule has 0 bridgehead atoms. The van der Waals surface area contributed by atoms with Gasteiger partial charge in [-0.2, -0.15) is 0 Å². The second kappa shape index (κ2) is 4.65. The highest BCUT2D eigenvalue weighted by Gasteiger charge is 2.05. The second-order valence-electron chi connectivity index (χ2n) is 2.89. The molecule has 0 spiro atoms. The summed E-state index contributed by atoms with van der Waals surface area (Å²) in [6.45, 7) is 6.05. The Bertz CT molecular complexity index is 265. The van der Waals surface area contributed by atoms with E-state index in [1.54, 1.807) is 0 Å². The SMILES string of the molecule is C=Cc1ccccc1C(C)CI. The van der Waals surface area contributed by atoms with Crippen LogP contribution in [0.1, 0.15) is 24.0 Å². The Morgan fingerprint density at radius 1 is 1.50 bits per heavy atom. The fourth-order valence-corrected chi connectivity index (χ4v) is 1.70. The van der Waals surface area contributed by atoms with E-state index in [1.807, 2.05) is 6.08 Å². The van der Waals surface area contributed by atoms with E-state index in [1.165, 1.54) is 11.1 Å². The molecule has 0 saturated heterocycles. The first kappa shape index (κ1) is 9.78. The third-order valence-corrected chi connectivity index (χ3v) is 3.30. The maximum Gasteiger partial charge on any atom is 0.00618 e. The monoisotopic (exact) mass is 272 g/mol. The van der Waals surface area contributed by atoms with E-state index >= 15 is 0 Å². The topological polar surface area (TPSA) is 0 Å².